The van der Waals surface area contributed by atoms with E-state index in [0.29, 0.717) is 5.13 Å². The Kier molecular flexibility index (Phi) is 3.64. The molecule has 0 saturated carbocycles. The summed E-state index contributed by atoms with van der Waals surface area (Å²) in [7, 11) is 0. The van der Waals surface area contributed by atoms with E-state index >= 15 is 0 Å². The molecule has 0 unspecified atom stereocenters. The molecule has 0 atom stereocenters. The van der Waals surface area contributed by atoms with E-state index in [-0.39, 0.29) is 0 Å². The summed E-state index contributed by atoms with van der Waals surface area (Å²) in [6.45, 7) is 6.03. The van der Waals surface area contributed by atoms with Gasteiger partial charge >= 0.3 is 0 Å². The molecule has 0 aliphatic carbocycles. The van der Waals surface area contributed by atoms with Crippen LogP contribution in [0.15, 0.2) is 29.6 Å². The fraction of sp³-hybridized carbons (Fsp3) is 0.308. The Hall–Kier alpha value is -1.55. The third kappa shape index (κ3) is 2.97. The highest BCUT2D eigenvalue weighted by Crippen LogP contribution is 2.19. The van der Waals surface area contributed by atoms with Gasteiger partial charge in [0.15, 0.2) is 5.13 Å². The Morgan fingerprint density at radius 1 is 1.41 bits per heavy atom. The summed E-state index contributed by atoms with van der Waals surface area (Å²) < 4.78 is 0. The second-order valence-electron chi connectivity index (χ2n) is 4.03. The average Bonchev–Trinajstić information content (AvgIpc) is 2.72. The summed E-state index contributed by atoms with van der Waals surface area (Å²) >= 11 is 1.50. The molecule has 0 radical (unpaired) electrons. The van der Waals surface area contributed by atoms with E-state index in [1.54, 1.807) is 0 Å². The first-order chi connectivity index (χ1) is 8.19. The van der Waals surface area contributed by atoms with Gasteiger partial charge in [0.25, 0.3) is 0 Å². The molecule has 0 spiro atoms. The summed E-state index contributed by atoms with van der Waals surface area (Å²) in [6.07, 6.45) is 0. The van der Waals surface area contributed by atoms with Crippen molar-refractivity contribution in [3.63, 3.8) is 0 Å². The minimum atomic E-state index is 0.639. The molecule has 2 rings (SSSR count). The summed E-state index contributed by atoms with van der Waals surface area (Å²) in [6, 6.07) is 8.52. The molecule has 17 heavy (non-hydrogen) atoms. The molecule has 4 heteroatoms. The zero-order chi connectivity index (χ0) is 12.3. The van der Waals surface area contributed by atoms with Crippen LogP contribution in [0.3, 0.4) is 0 Å². The first-order valence-corrected chi connectivity index (χ1v) is 6.58. The monoisotopic (exact) mass is 247 g/mol. The quantitative estimate of drug-likeness (QED) is 0.903. The van der Waals surface area contributed by atoms with E-state index in [2.05, 4.69) is 48.0 Å². The smallest absolute Gasteiger partial charge is 0.180 e. The van der Waals surface area contributed by atoms with Gasteiger partial charge in [0.05, 0.1) is 12.2 Å². The molecule has 2 N–H and O–H groups in total. The minimum absolute atomic E-state index is 0.639. The van der Waals surface area contributed by atoms with Gasteiger partial charge in [-0.3, -0.25) is 0 Å². The Balaban J connectivity index is 2.16. The lowest BCUT2D eigenvalue weighted by Crippen LogP contribution is -2.22. The Labute approximate surface area is 106 Å². The number of nitrogens with two attached hydrogens (primary N) is 1. The lowest BCUT2D eigenvalue weighted by atomic mass is 10.2. The molecular formula is C13H17N3S. The predicted molar refractivity (Wildman–Crippen MR) is 74.4 cm³/mol. The molecular weight excluding hydrogens is 230 g/mol. The van der Waals surface area contributed by atoms with Crippen LogP contribution in [0.1, 0.15) is 18.2 Å². The molecule has 2 aromatic rings. The number of nitrogen functional groups attached to an aromatic ring is 1. The highest BCUT2D eigenvalue weighted by molar-refractivity contribution is 7.13. The van der Waals surface area contributed by atoms with Crippen LogP contribution in [-0.2, 0) is 6.54 Å². The number of anilines is 2. The van der Waals surface area contributed by atoms with Gasteiger partial charge in [-0.15, -0.1) is 11.3 Å². The molecule has 0 saturated heterocycles. The van der Waals surface area contributed by atoms with E-state index in [0.717, 1.165) is 18.8 Å². The normalized spacial score (nSPS) is 10.5. The molecule has 1 aromatic heterocycles. The highest BCUT2D eigenvalue weighted by atomic mass is 32.1. The van der Waals surface area contributed by atoms with Gasteiger partial charge in [0.1, 0.15) is 0 Å². The lowest BCUT2D eigenvalue weighted by Gasteiger charge is -2.22. The molecule has 0 aliphatic rings. The van der Waals surface area contributed by atoms with Crippen molar-refractivity contribution in [2.24, 2.45) is 0 Å². The third-order valence-corrected chi connectivity index (χ3v) is 3.39. The molecule has 0 fully saturated rings. The van der Waals surface area contributed by atoms with E-state index in [1.165, 1.54) is 22.6 Å². The summed E-state index contributed by atoms with van der Waals surface area (Å²) in [5.41, 5.74) is 9.20. The third-order valence-electron chi connectivity index (χ3n) is 2.67. The van der Waals surface area contributed by atoms with Gasteiger partial charge in [-0.25, -0.2) is 4.98 Å². The van der Waals surface area contributed by atoms with Gasteiger partial charge in [0, 0.05) is 17.6 Å². The van der Waals surface area contributed by atoms with Crippen LogP contribution in [0.25, 0.3) is 0 Å². The van der Waals surface area contributed by atoms with Gasteiger partial charge in [-0.2, -0.15) is 0 Å². The number of thiazole rings is 1. The largest absolute Gasteiger partial charge is 0.375 e. The molecule has 3 nitrogen and oxygen atoms in total. The van der Waals surface area contributed by atoms with Crippen molar-refractivity contribution < 1.29 is 0 Å². The minimum Gasteiger partial charge on any atom is -0.375 e. The Morgan fingerprint density at radius 2 is 2.24 bits per heavy atom. The van der Waals surface area contributed by atoms with Crippen LogP contribution in [0.4, 0.5) is 10.8 Å². The molecule has 90 valence electrons. The molecule has 0 bridgehead atoms. The van der Waals surface area contributed by atoms with Crippen molar-refractivity contribution in [2.75, 3.05) is 17.2 Å². The fourth-order valence-electron chi connectivity index (χ4n) is 1.80. The number of rotatable bonds is 4. The van der Waals surface area contributed by atoms with Crippen LogP contribution in [0, 0.1) is 6.92 Å². The van der Waals surface area contributed by atoms with Crippen LogP contribution in [0.5, 0.6) is 0 Å². The number of nitrogens with zero attached hydrogens (tertiary/aromatic N) is 2. The van der Waals surface area contributed by atoms with Crippen LogP contribution >= 0.6 is 11.3 Å². The Bertz CT molecular complexity index is 493. The maximum absolute atomic E-state index is 5.65. The highest BCUT2D eigenvalue weighted by Gasteiger charge is 2.07. The van der Waals surface area contributed by atoms with Crippen LogP contribution in [0.2, 0.25) is 0 Å². The van der Waals surface area contributed by atoms with E-state index in [1.807, 2.05) is 5.38 Å². The maximum Gasteiger partial charge on any atom is 0.180 e. The summed E-state index contributed by atoms with van der Waals surface area (Å²) in [5, 5.41) is 2.66. The summed E-state index contributed by atoms with van der Waals surface area (Å²) in [4.78, 5) is 6.59. The van der Waals surface area contributed by atoms with Gasteiger partial charge in [-0.1, -0.05) is 12.1 Å². The lowest BCUT2D eigenvalue weighted by molar-refractivity contribution is 0.815. The molecule has 0 amide bonds. The van der Waals surface area contributed by atoms with E-state index in [4.69, 9.17) is 5.73 Å². The zero-order valence-electron chi connectivity index (χ0n) is 10.2. The number of aryl methyl sites for hydroxylation is 1. The fourth-order valence-corrected chi connectivity index (χ4v) is 2.36. The van der Waals surface area contributed by atoms with Crippen molar-refractivity contribution in [1.82, 2.24) is 4.98 Å². The number of hydrogen-bond acceptors (Lipinski definition) is 4. The van der Waals surface area contributed by atoms with Crippen molar-refractivity contribution in [3.05, 3.63) is 40.9 Å². The van der Waals surface area contributed by atoms with Crippen molar-refractivity contribution in [1.29, 1.82) is 0 Å². The van der Waals surface area contributed by atoms with Gasteiger partial charge in [0.2, 0.25) is 0 Å². The standard InChI is InChI=1S/C13H17N3S/c1-3-16(8-11-9-17-13(14)15-11)12-6-4-5-10(2)7-12/h4-7,9H,3,8H2,1-2H3,(H2,14,15). The van der Waals surface area contributed by atoms with E-state index in [9.17, 15) is 0 Å². The summed E-state index contributed by atoms with van der Waals surface area (Å²) in [5.74, 6) is 0. The van der Waals surface area contributed by atoms with Crippen LogP contribution < -0.4 is 10.6 Å². The topological polar surface area (TPSA) is 42.1 Å². The van der Waals surface area contributed by atoms with E-state index < -0.39 is 0 Å². The number of hydrogen-bond donors (Lipinski definition) is 1. The average molecular weight is 247 g/mol. The first-order valence-electron chi connectivity index (χ1n) is 5.70. The number of benzene rings is 1. The molecule has 1 aromatic carbocycles. The van der Waals surface area contributed by atoms with Gasteiger partial charge in [-0.05, 0) is 31.5 Å². The SMILES string of the molecule is CCN(Cc1csc(N)n1)c1cccc(C)c1. The predicted octanol–water partition coefficient (Wildman–Crippen LogP) is 3.06. The zero-order valence-corrected chi connectivity index (χ0v) is 11.0. The van der Waals surface area contributed by atoms with Crippen LogP contribution in [-0.4, -0.2) is 11.5 Å². The Morgan fingerprint density at radius 3 is 2.82 bits per heavy atom. The van der Waals surface area contributed by atoms with Crippen molar-refractivity contribution in [2.45, 2.75) is 20.4 Å². The second kappa shape index (κ2) is 5.19. The maximum atomic E-state index is 5.65. The first kappa shape index (κ1) is 11.9. The second-order valence-corrected chi connectivity index (χ2v) is 4.92. The molecule has 1 heterocycles. The van der Waals surface area contributed by atoms with Crippen molar-refractivity contribution >= 4 is 22.2 Å². The van der Waals surface area contributed by atoms with Crippen molar-refractivity contribution in [3.8, 4) is 0 Å². The molecule has 0 aliphatic heterocycles. The van der Waals surface area contributed by atoms with Gasteiger partial charge < -0.3 is 10.6 Å². The number of aromatic nitrogens is 1.